The smallest absolute Gasteiger partial charge is 0.171 e. The Labute approximate surface area is 122 Å². The average molecular weight is 320 g/mol. The number of rotatable bonds is 4. The molecule has 8 heteroatoms. The summed E-state index contributed by atoms with van der Waals surface area (Å²) >= 11 is 1.58. The summed E-state index contributed by atoms with van der Waals surface area (Å²) in [5.74, 6) is 1.10. The van der Waals surface area contributed by atoms with Crippen molar-refractivity contribution in [2.45, 2.75) is 18.9 Å². The minimum atomic E-state index is -3.26. The van der Waals surface area contributed by atoms with E-state index in [4.69, 9.17) is 0 Å². The molecule has 20 heavy (non-hydrogen) atoms. The van der Waals surface area contributed by atoms with Gasteiger partial charge in [-0.15, -0.1) is 0 Å². The number of sulfone groups is 1. The van der Waals surface area contributed by atoms with Crippen LogP contribution in [0.5, 0.6) is 0 Å². The molecule has 0 amide bonds. The summed E-state index contributed by atoms with van der Waals surface area (Å²) in [7, 11) is -3.26. The largest absolute Gasteiger partial charge is 0.392 e. The molecule has 1 N–H and O–H groups in total. The van der Waals surface area contributed by atoms with E-state index in [0.717, 1.165) is 11.9 Å². The summed E-state index contributed by atoms with van der Waals surface area (Å²) < 4.78 is 37.6. The number of nitrogens with zero attached hydrogens (tertiary/aromatic N) is 2. The monoisotopic (exact) mass is 320 g/mol. The predicted molar refractivity (Wildman–Crippen MR) is 78.0 cm³/mol. The second-order valence-electron chi connectivity index (χ2n) is 4.47. The van der Waals surface area contributed by atoms with Crippen molar-refractivity contribution < 1.29 is 17.9 Å². The Bertz CT molecular complexity index is 580. The predicted octanol–water partition coefficient (Wildman–Crippen LogP) is 1.03. The molecule has 1 unspecified atom stereocenters. The second kappa shape index (κ2) is 6.28. The van der Waals surface area contributed by atoms with Crippen LogP contribution in [0.25, 0.3) is 0 Å². The van der Waals surface area contributed by atoms with E-state index < -0.39 is 21.0 Å². The molecule has 1 atom stereocenters. The van der Waals surface area contributed by atoms with E-state index in [9.17, 15) is 17.9 Å². The summed E-state index contributed by atoms with van der Waals surface area (Å²) in [6.07, 6.45) is 1.05. The quantitative estimate of drug-likeness (QED) is 0.893. The van der Waals surface area contributed by atoms with E-state index in [1.807, 2.05) is 0 Å². The molecule has 0 aromatic carbocycles. The number of hydrogen-bond donors (Lipinski definition) is 1. The zero-order chi connectivity index (χ0) is 14.8. The van der Waals surface area contributed by atoms with Crippen molar-refractivity contribution >= 4 is 27.4 Å². The Morgan fingerprint density at radius 3 is 3.00 bits per heavy atom. The van der Waals surface area contributed by atoms with E-state index in [1.54, 1.807) is 23.6 Å². The van der Waals surface area contributed by atoms with Crippen molar-refractivity contribution in [3.8, 4) is 0 Å². The molecule has 1 fully saturated rings. The van der Waals surface area contributed by atoms with Crippen LogP contribution < -0.4 is 4.90 Å². The summed E-state index contributed by atoms with van der Waals surface area (Å²) in [5, 5.41) is 8.66. The van der Waals surface area contributed by atoms with Gasteiger partial charge in [0.05, 0.1) is 12.8 Å². The zero-order valence-corrected chi connectivity index (χ0v) is 12.8. The topological polar surface area (TPSA) is 70.5 Å². The van der Waals surface area contributed by atoms with Gasteiger partial charge >= 0.3 is 0 Å². The highest BCUT2D eigenvalue weighted by Crippen LogP contribution is 2.28. The van der Waals surface area contributed by atoms with Gasteiger partial charge in [0.1, 0.15) is 17.0 Å². The van der Waals surface area contributed by atoms with Crippen molar-refractivity contribution in [1.82, 2.24) is 4.98 Å². The molecule has 1 aliphatic heterocycles. The van der Waals surface area contributed by atoms with Gasteiger partial charge in [-0.1, -0.05) is 6.92 Å². The van der Waals surface area contributed by atoms with Gasteiger partial charge in [-0.25, -0.2) is 17.8 Å². The minimum Gasteiger partial charge on any atom is -0.392 e. The fourth-order valence-corrected chi connectivity index (χ4v) is 5.13. The van der Waals surface area contributed by atoms with Gasteiger partial charge in [0.25, 0.3) is 0 Å². The first kappa shape index (κ1) is 15.5. The summed E-state index contributed by atoms with van der Waals surface area (Å²) in [5.41, 5.74) is 0.313. The molecule has 0 radical (unpaired) electrons. The van der Waals surface area contributed by atoms with Crippen LogP contribution in [0.2, 0.25) is 0 Å². The zero-order valence-electron chi connectivity index (χ0n) is 11.1. The summed E-state index contributed by atoms with van der Waals surface area (Å²) in [4.78, 5) is 5.65. The van der Waals surface area contributed by atoms with Crippen LogP contribution in [0.15, 0.2) is 12.3 Å². The Balaban J connectivity index is 2.43. The maximum atomic E-state index is 13.2. The van der Waals surface area contributed by atoms with Gasteiger partial charge < -0.3 is 10.0 Å². The fraction of sp³-hybridized carbons (Fsp3) is 0.583. The molecule has 0 aliphatic carbocycles. The molecule has 0 spiro atoms. The normalized spacial score (nSPS) is 20.1. The van der Waals surface area contributed by atoms with E-state index in [1.165, 1.54) is 6.07 Å². The lowest BCUT2D eigenvalue weighted by molar-refractivity contribution is 0.281. The Kier molecular flexibility index (Phi) is 4.87. The Morgan fingerprint density at radius 1 is 1.60 bits per heavy atom. The van der Waals surface area contributed by atoms with Crippen LogP contribution in [-0.4, -0.2) is 47.7 Å². The number of thioether (sulfide) groups is 1. The van der Waals surface area contributed by atoms with Crippen molar-refractivity contribution in [2.75, 3.05) is 28.7 Å². The summed E-state index contributed by atoms with van der Waals surface area (Å²) in [6, 6.07) is 1.19. The number of aliphatic hydroxyl groups excluding tert-OH is 1. The number of aliphatic hydroxyl groups is 1. The maximum absolute atomic E-state index is 13.2. The number of pyridine rings is 1. The number of halogens is 1. The second-order valence-corrected chi connectivity index (χ2v) is 8.07. The number of anilines is 1. The molecular formula is C12H17FN2O3S2. The molecule has 1 aliphatic rings. The van der Waals surface area contributed by atoms with E-state index in [2.05, 4.69) is 4.98 Å². The van der Waals surface area contributed by atoms with Crippen LogP contribution in [0.1, 0.15) is 12.5 Å². The molecule has 0 saturated carbocycles. The maximum Gasteiger partial charge on any atom is 0.171 e. The van der Waals surface area contributed by atoms with Gasteiger partial charge in [0.2, 0.25) is 0 Å². The van der Waals surface area contributed by atoms with Crippen molar-refractivity contribution in [2.24, 2.45) is 0 Å². The minimum absolute atomic E-state index is 0.0460. The number of hydrogen-bond acceptors (Lipinski definition) is 6. The van der Waals surface area contributed by atoms with E-state index >= 15 is 0 Å². The highest BCUT2D eigenvalue weighted by molar-refractivity contribution is 8.01. The highest BCUT2D eigenvalue weighted by Gasteiger charge is 2.34. The first-order chi connectivity index (χ1) is 9.49. The van der Waals surface area contributed by atoms with E-state index in [0.29, 0.717) is 23.7 Å². The third kappa shape index (κ3) is 3.07. The molecule has 1 saturated heterocycles. The van der Waals surface area contributed by atoms with Gasteiger partial charge in [-0.05, 0) is 6.07 Å². The molecule has 2 heterocycles. The van der Waals surface area contributed by atoms with Gasteiger partial charge in [-0.2, -0.15) is 11.8 Å². The molecule has 112 valence electrons. The lowest BCUT2D eigenvalue weighted by atomic mass is 10.2. The summed E-state index contributed by atoms with van der Waals surface area (Å²) in [6.45, 7) is 1.75. The molecule has 5 nitrogen and oxygen atoms in total. The lowest BCUT2D eigenvalue weighted by Crippen LogP contribution is -2.48. The number of aromatic nitrogens is 1. The van der Waals surface area contributed by atoms with Crippen LogP contribution in [-0.2, 0) is 16.4 Å². The van der Waals surface area contributed by atoms with Gasteiger partial charge in [0.15, 0.2) is 9.84 Å². The Morgan fingerprint density at radius 2 is 2.35 bits per heavy atom. The Hall–Kier alpha value is -0.860. The van der Waals surface area contributed by atoms with Gasteiger partial charge in [-0.3, -0.25) is 0 Å². The fourth-order valence-electron chi connectivity index (χ4n) is 2.16. The van der Waals surface area contributed by atoms with Crippen molar-refractivity contribution in [1.29, 1.82) is 0 Å². The van der Waals surface area contributed by atoms with Crippen LogP contribution in [0.4, 0.5) is 10.2 Å². The third-order valence-electron chi connectivity index (χ3n) is 3.25. The molecule has 2 rings (SSSR count). The lowest BCUT2D eigenvalue weighted by Gasteiger charge is -2.36. The van der Waals surface area contributed by atoms with Gasteiger partial charge in [0, 0.05) is 29.4 Å². The van der Waals surface area contributed by atoms with Crippen molar-refractivity contribution in [3.05, 3.63) is 23.6 Å². The third-order valence-corrected chi connectivity index (χ3v) is 6.54. The van der Waals surface area contributed by atoms with Crippen molar-refractivity contribution in [3.63, 3.8) is 0 Å². The first-order valence-electron chi connectivity index (χ1n) is 6.31. The van der Waals surface area contributed by atoms with E-state index in [-0.39, 0.29) is 12.4 Å². The van der Waals surface area contributed by atoms with Crippen LogP contribution in [0.3, 0.4) is 0 Å². The molecule has 0 bridgehead atoms. The first-order valence-corrected chi connectivity index (χ1v) is 9.18. The SMILES string of the molecule is CCS(=O)(=O)C1CSCCN1c1ncc(F)cc1CO. The van der Waals surface area contributed by atoms with Crippen LogP contribution in [0, 0.1) is 5.82 Å². The molecular weight excluding hydrogens is 303 g/mol. The molecule has 1 aromatic rings. The standard InChI is InChI=1S/C12H17FN2O3S2/c1-2-20(17,18)11-8-19-4-3-15(11)12-9(7-16)5-10(13)6-14-12/h5-6,11,16H,2-4,7-8H2,1H3. The highest BCUT2D eigenvalue weighted by atomic mass is 32.2. The van der Waals surface area contributed by atoms with Crippen LogP contribution >= 0.6 is 11.8 Å². The molecule has 1 aromatic heterocycles. The average Bonchev–Trinajstić information content (AvgIpc) is 2.47.